The number of amides is 1. The molecule has 21 heavy (non-hydrogen) atoms. The monoisotopic (exact) mass is 287 g/mol. The predicted octanol–water partition coefficient (Wildman–Crippen LogP) is 2.01. The molecule has 0 unspecified atom stereocenters. The van der Waals surface area contributed by atoms with Gasteiger partial charge in [-0.25, -0.2) is 4.98 Å². The molecule has 1 aromatic carbocycles. The molecule has 0 saturated carbocycles. The van der Waals surface area contributed by atoms with E-state index in [0.29, 0.717) is 12.3 Å². The number of benzene rings is 1. The zero-order chi connectivity index (χ0) is 15.1. The van der Waals surface area contributed by atoms with Gasteiger partial charge in [-0.15, -0.1) is 0 Å². The van der Waals surface area contributed by atoms with Crippen LogP contribution in [0.25, 0.3) is 0 Å². The molecule has 0 bridgehead atoms. The third-order valence-corrected chi connectivity index (χ3v) is 2.89. The van der Waals surface area contributed by atoms with Gasteiger partial charge in [0.25, 0.3) is 5.91 Å². The number of aromatic amines is 1. The van der Waals surface area contributed by atoms with Gasteiger partial charge in [-0.05, 0) is 19.1 Å². The van der Waals surface area contributed by atoms with Crippen molar-refractivity contribution in [3.63, 3.8) is 0 Å². The number of nitrogens with zero attached hydrogens (tertiary/aromatic N) is 2. The fraction of sp³-hybridized carbons (Fsp3) is 0.267. The summed E-state index contributed by atoms with van der Waals surface area (Å²) in [5, 5.41) is 0. The molecule has 110 valence electrons. The Balaban J connectivity index is 2.15. The van der Waals surface area contributed by atoms with Crippen molar-refractivity contribution in [2.75, 3.05) is 18.1 Å². The second-order valence-electron chi connectivity index (χ2n) is 4.31. The topological polar surface area (TPSA) is 75.3 Å². The summed E-state index contributed by atoms with van der Waals surface area (Å²) in [5.41, 5.74) is 1.10. The number of ether oxygens (including phenoxy) is 1. The van der Waals surface area contributed by atoms with Crippen LogP contribution in [0.4, 0.5) is 5.69 Å². The van der Waals surface area contributed by atoms with Crippen LogP contribution in [0, 0.1) is 0 Å². The van der Waals surface area contributed by atoms with Crippen molar-refractivity contribution in [3.8, 4) is 0 Å². The average Bonchev–Trinajstić information content (AvgIpc) is 3.03. The molecule has 0 radical (unpaired) electrons. The van der Waals surface area contributed by atoms with Gasteiger partial charge in [0, 0.05) is 12.2 Å². The van der Waals surface area contributed by atoms with Gasteiger partial charge < -0.3 is 14.6 Å². The summed E-state index contributed by atoms with van der Waals surface area (Å²) in [6.07, 6.45) is 3.05. The highest BCUT2D eigenvalue weighted by Gasteiger charge is 2.19. The number of rotatable bonds is 6. The van der Waals surface area contributed by atoms with Crippen LogP contribution >= 0.6 is 0 Å². The number of carbonyl (C=O) groups is 2. The zero-order valence-electron chi connectivity index (χ0n) is 11.8. The van der Waals surface area contributed by atoms with Crippen molar-refractivity contribution >= 4 is 17.6 Å². The van der Waals surface area contributed by atoms with E-state index in [-0.39, 0.29) is 24.8 Å². The lowest BCUT2D eigenvalue weighted by molar-refractivity contribution is -0.142. The SMILES string of the molecule is CCOC(=O)CCN(C(=O)c1cnc[nH]1)c1ccccc1. The number of anilines is 1. The summed E-state index contributed by atoms with van der Waals surface area (Å²) in [6.45, 7) is 2.34. The molecule has 2 aromatic rings. The number of H-pyrrole nitrogens is 1. The highest BCUT2D eigenvalue weighted by Crippen LogP contribution is 2.16. The van der Waals surface area contributed by atoms with E-state index in [1.807, 2.05) is 30.3 Å². The quantitative estimate of drug-likeness (QED) is 0.825. The van der Waals surface area contributed by atoms with Crippen LogP contribution in [0.1, 0.15) is 23.8 Å². The van der Waals surface area contributed by atoms with E-state index in [9.17, 15) is 9.59 Å². The molecule has 0 saturated heterocycles. The Bertz CT molecular complexity index is 581. The van der Waals surface area contributed by atoms with Crippen LogP contribution < -0.4 is 4.90 Å². The van der Waals surface area contributed by atoms with Crippen LogP contribution in [-0.4, -0.2) is 35.0 Å². The van der Waals surface area contributed by atoms with Crippen LogP contribution in [0.2, 0.25) is 0 Å². The lowest BCUT2D eigenvalue weighted by atomic mass is 10.2. The highest BCUT2D eigenvalue weighted by atomic mass is 16.5. The Kier molecular flexibility index (Phi) is 5.09. The number of esters is 1. The Morgan fingerprint density at radius 1 is 1.29 bits per heavy atom. The molecule has 1 N–H and O–H groups in total. The maximum absolute atomic E-state index is 12.5. The van der Waals surface area contributed by atoms with E-state index in [1.165, 1.54) is 17.4 Å². The third-order valence-electron chi connectivity index (χ3n) is 2.89. The van der Waals surface area contributed by atoms with Crippen LogP contribution in [0.3, 0.4) is 0 Å². The number of nitrogens with one attached hydrogen (secondary N) is 1. The number of hydrogen-bond acceptors (Lipinski definition) is 4. The molecule has 1 aromatic heterocycles. The second kappa shape index (κ2) is 7.23. The fourth-order valence-corrected chi connectivity index (χ4v) is 1.91. The molecule has 6 nitrogen and oxygen atoms in total. The van der Waals surface area contributed by atoms with Gasteiger partial charge in [-0.3, -0.25) is 9.59 Å². The summed E-state index contributed by atoms with van der Waals surface area (Å²) < 4.78 is 4.90. The van der Waals surface area contributed by atoms with Crippen LogP contribution in [0.5, 0.6) is 0 Å². The molecular formula is C15H17N3O3. The van der Waals surface area contributed by atoms with Crippen molar-refractivity contribution in [2.24, 2.45) is 0 Å². The minimum Gasteiger partial charge on any atom is -0.466 e. The highest BCUT2D eigenvalue weighted by molar-refractivity contribution is 6.04. The number of carbonyl (C=O) groups excluding carboxylic acids is 2. The third kappa shape index (κ3) is 3.92. The van der Waals surface area contributed by atoms with Gasteiger partial charge in [0.2, 0.25) is 0 Å². The second-order valence-corrected chi connectivity index (χ2v) is 4.31. The van der Waals surface area contributed by atoms with Gasteiger partial charge in [-0.2, -0.15) is 0 Å². The van der Waals surface area contributed by atoms with Crippen molar-refractivity contribution in [1.82, 2.24) is 9.97 Å². The normalized spacial score (nSPS) is 10.1. The summed E-state index contributed by atoms with van der Waals surface area (Å²) in [5.74, 6) is -0.557. The van der Waals surface area contributed by atoms with Crippen LogP contribution in [0.15, 0.2) is 42.9 Å². The van der Waals surface area contributed by atoms with Crippen molar-refractivity contribution in [3.05, 3.63) is 48.5 Å². The smallest absolute Gasteiger partial charge is 0.307 e. The summed E-state index contributed by atoms with van der Waals surface area (Å²) >= 11 is 0. The minimum absolute atomic E-state index is 0.141. The van der Waals surface area contributed by atoms with E-state index in [0.717, 1.165) is 5.69 Å². The molecule has 0 spiro atoms. The maximum Gasteiger partial charge on any atom is 0.307 e. The van der Waals surface area contributed by atoms with Gasteiger partial charge in [0.1, 0.15) is 5.69 Å². The fourth-order valence-electron chi connectivity index (χ4n) is 1.91. The molecular weight excluding hydrogens is 270 g/mol. The average molecular weight is 287 g/mol. The lowest BCUT2D eigenvalue weighted by Gasteiger charge is -2.21. The molecule has 0 aliphatic carbocycles. The number of para-hydroxylation sites is 1. The van der Waals surface area contributed by atoms with Crippen LogP contribution in [-0.2, 0) is 9.53 Å². The van der Waals surface area contributed by atoms with E-state index in [4.69, 9.17) is 4.74 Å². The van der Waals surface area contributed by atoms with E-state index >= 15 is 0 Å². The first kappa shape index (κ1) is 14.8. The standard InChI is InChI=1S/C15H17N3O3/c1-2-21-14(19)8-9-18(12-6-4-3-5-7-12)15(20)13-10-16-11-17-13/h3-7,10-11H,2,8-9H2,1H3,(H,16,17). The number of hydrogen-bond donors (Lipinski definition) is 1. The Labute approximate surface area is 122 Å². The first-order valence-electron chi connectivity index (χ1n) is 6.73. The predicted molar refractivity (Wildman–Crippen MR) is 78.0 cm³/mol. The Morgan fingerprint density at radius 2 is 2.05 bits per heavy atom. The Morgan fingerprint density at radius 3 is 2.67 bits per heavy atom. The van der Waals surface area contributed by atoms with Gasteiger partial charge in [0.15, 0.2) is 0 Å². The van der Waals surface area contributed by atoms with Crippen molar-refractivity contribution in [2.45, 2.75) is 13.3 Å². The van der Waals surface area contributed by atoms with E-state index in [2.05, 4.69) is 9.97 Å². The van der Waals surface area contributed by atoms with E-state index in [1.54, 1.807) is 6.92 Å². The minimum atomic E-state index is -0.323. The summed E-state index contributed by atoms with van der Waals surface area (Å²) in [6, 6.07) is 9.19. The summed E-state index contributed by atoms with van der Waals surface area (Å²) in [7, 11) is 0. The Hall–Kier alpha value is -2.63. The first-order valence-corrected chi connectivity index (χ1v) is 6.73. The van der Waals surface area contributed by atoms with Crippen molar-refractivity contribution < 1.29 is 14.3 Å². The number of imidazole rings is 1. The molecule has 0 aliphatic rings. The zero-order valence-corrected chi connectivity index (χ0v) is 11.8. The van der Waals surface area contributed by atoms with Gasteiger partial charge in [-0.1, -0.05) is 18.2 Å². The molecule has 2 rings (SSSR count). The van der Waals surface area contributed by atoms with Gasteiger partial charge in [0.05, 0.1) is 25.6 Å². The van der Waals surface area contributed by atoms with Gasteiger partial charge >= 0.3 is 5.97 Å². The lowest BCUT2D eigenvalue weighted by Crippen LogP contribution is -2.33. The van der Waals surface area contributed by atoms with E-state index < -0.39 is 0 Å². The molecule has 0 aliphatic heterocycles. The first-order chi connectivity index (χ1) is 10.2. The maximum atomic E-state index is 12.5. The van der Waals surface area contributed by atoms with Crippen molar-refractivity contribution in [1.29, 1.82) is 0 Å². The molecule has 1 heterocycles. The largest absolute Gasteiger partial charge is 0.466 e. The molecule has 0 fully saturated rings. The molecule has 0 atom stereocenters. The molecule has 1 amide bonds. The summed E-state index contributed by atoms with van der Waals surface area (Å²) in [4.78, 5) is 32.1. The number of aromatic nitrogens is 2. The molecule has 6 heteroatoms.